The first-order valence-electron chi connectivity index (χ1n) is 12.1. The van der Waals surface area contributed by atoms with Crippen LogP contribution in [0.4, 0.5) is 14.9 Å². The van der Waals surface area contributed by atoms with Crippen molar-refractivity contribution in [1.29, 1.82) is 0 Å². The van der Waals surface area contributed by atoms with Crippen LogP contribution in [-0.4, -0.2) is 57.5 Å². The highest BCUT2D eigenvalue weighted by atomic mass is 19.1. The van der Waals surface area contributed by atoms with Crippen LogP contribution in [-0.2, 0) is 16.5 Å². The van der Waals surface area contributed by atoms with Crippen LogP contribution in [0.2, 0.25) is 0 Å². The van der Waals surface area contributed by atoms with Gasteiger partial charge in [-0.3, -0.25) is 14.4 Å². The summed E-state index contributed by atoms with van der Waals surface area (Å²) in [6.45, 7) is 2.77. The maximum Gasteiger partial charge on any atom is 0.414 e. The minimum Gasteiger partial charge on any atom is -0.449 e. The largest absolute Gasteiger partial charge is 0.449 e. The van der Waals surface area contributed by atoms with Crippen LogP contribution >= 0.6 is 0 Å². The van der Waals surface area contributed by atoms with Crippen molar-refractivity contribution in [2.24, 2.45) is 7.05 Å². The number of anilines is 1. The summed E-state index contributed by atoms with van der Waals surface area (Å²) in [6, 6.07) is 4.21. The van der Waals surface area contributed by atoms with E-state index in [-0.39, 0.29) is 42.0 Å². The second kappa shape index (κ2) is 10.5. The molecule has 1 aliphatic heterocycles. The van der Waals surface area contributed by atoms with Crippen LogP contribution < -0.4 is 4.90 Å². The Balaban J connectivity index is 1.65. The summed E-state index contributed by atoms with van der Waals surface area (Å²) in [5.74, 6) is -1.39. The summed E-state index contributed by atoms with van der Waals surface area (Å²) < 4.78 is 32.1. The monoisotopic (exact) mass is 507 g/mol. The fourth-order valence-corrected chi connectivity index (χ4v) is 4.40. The highest BCUT2D eigenvalue weighted by molar-refractivity contribution is 6.17. The molecule has 1 fully saturated rings. The first-order chi connectivity index (χ1) is 17.9. The van der Waals surface area contributed by atoms with Gasteiger partial charge >= 0.3 is 6.09 Å². The van der Waals surface area contributed by atoms with Crippen LogP contribution in [0.5, 0.6) is 0 Å². The lowest BCUT2D eigenvalue weighted by Gasteiger charge is -2.23. The zero-order valence-electron chi connectivity index (χ0n) is 20.5. The van der Waals surface area contributed by atoms with E-state index in [9.17, 15) is 14.0 Å². The number of amides is 1. The molecule has 11 heteroatoms. The van der Waals surface area contributed by atoms with Crippen molar-refractivity contribution in [3.63, 3.8) is 0 Å². The van der Waals surface area contributed by atoms with Crippen LogP contribution in [0.15, 0.2) is 47.4 Å². The fourth-order valence-electron chi connectivity index (χ4n) is 4.40. The number of hydrogen-bond acceptors (Lipinski definition) is 8. The Kier molecular flexibility index (Phi) is 6.95. The Morgan fingerprint density at radius 3 is 2.76 bits per heavy atom. The van der Waals surface area contributed by atoms with Gasteiger partial charge in [0.1, 0.15) is 5.69 Å². The zero-order valence-corrected chi connectivity index (χ0v) is 20.5. The van der Waals surface area contributed by atoms with E-state index in [0.29, 0.717) is 18.4 Å². The van der Waals surface area contributed by atoms with Crippen molar-refractivity contribution in [1.82, 2.24) is 19.7 Å². The topological polar surface area (TPSA) is 113 Å². The molecule has 0 saturated carbocycles. The summed E-state index contributed by atoms with van der Waals surface area (Å²) in [6.07, 6.45) is 8.04. The van der Waals surface area contributed by atoms with E-state index in [2.05, 4.69) is 15.1 Å². The number of ether oxygens (including phenoxy) is 2. The van der Waals surface area contributed by atoms with Gasteiger partial charge in [0, 0.05) is 55.5 Å². The lowest BCUT2D eigenvalue weighted by Crippen LogP contribution is -2.35. The minimum atomic E-state index is -0.714. The quantitative estimate of drug-likeness (QED) is 0.253. The maximum absolute atomic E-state index is 13.6. The zero-order chi connectivity index (χ0) is 25.9. The molecule has 10 nitrogen and oxygen atoms in total. The van der Waals surface area contributed by atoms with Gasteiger partial charge in [0.25, 0.3) is 0 Å². The number of rotatable bonds is 8. The summed E-state index contributed by atoms with van der Waals surface area (Å²) >= 11 is 0. The Bertz CT molecular complexity index is 1430. The van der Waals surface area contributed by atoms with Gasteiger partial charge in [0.2, 0.25) is 23.2 Å². The van der Waals surface area contributed by atoms with Crippen LogP contribution in [0.1, 0.15) is 42.3 Å². The van der Waals surface area contributed by atoms with Crippen molar-refractivity contribution >= 4 is 28.7 Å². The number of carbonyl (C=O) groups excluding carboxylic acids is 2. The molecular weight excluding hydrogens is 481 g/mol. The SMILES string of the molecule is CCOC(=O)N(CC[C@H]1CCCO1)c1c(C(=O)c2ccc(F)nc2)oc2ncc(-c3cnn(C)c3)cc12. The number of furan rings is 1. The number of pyridine rings is 2. The molecule has 4 aromatic rings. The molecule has 0 aromatic carbocycles. The van der Waals surface area contributed by atoms with Gasteiger partial charge in [-0.25, -0.2) is 14.8 Å². The van der Waals surface area contributed by atoms with Gasteiger partial charge in [-0.2, -0.15) is 9.49 Å². The summed E-state index contributed by atoms with van der Waals surface area (Å²) in [7, 11) is 1.81. The number of halogens is 1. The molecule has 1 saturated heterocycles. The van der Waals surface area contributed by atoms with Crippen LogP contribution in [0.25, 0.3) is 22.2 Å². The highest BCUT2D eigenvalue weighted by Gasteiger charge is 2.32. The van der Waals surface area contributed by atoms with Gasteiger partial charge in [0.05, 0.1) is 24.3 Å². The summed E-state index contributed by atoms with van der Waals surface area (Å²) in [5.41, 5.74) is 2.05. The molecule has 5 heterocycles. The molecule has 0 radical (unpaired) electrons. The number of hydrogen-bond donors (Lipinski definition) is 0. The number of ketones is 1. The number of aromatic nitrogens is 4. The van der Waals surface area contributed by atoms with E-state index in [1.807, 2.05) is 6.20 Å². The molecular formula is C26H26FN5O5. The molecule has 0 unspecified atom stereocenters. The van der Waals surface area contributed by atoms with Crippen LogP contribution in [0, 0.1) is 5.95 Å². The molecule has 0 N–H and O–H groups in total. The summed E-state index contributed by atoms with van der Waals surface area (Å²) in [4.78, 5) is 36.2. The normalized spacial score (nSPS) is 15.3. The molecule has 0 spiro atoms. The third kappa shape index (κ3) is 5.08. The Morgan fingerprint density at radius 2 is 2.08 bits per heavy atom. The fraction of sp³-hybridized carbons (Fsp3) is 0.346. The molecule has 1 aliphatic rings. The average Bonchev–Trinajstić information content (AvgIpc) is 3.65. The molecule has 4 aromatic heterocycles. The van der Waals surface area contributed by atoms with E-state index in [1.165, 1.54) is 11.0 Å². The predicted molar refractivity (Wildman–Crippen MR) is 132 cm³/mol. The van der Waals surface area contributed by atoms with Crippen molar-refractivity contribution in [3.8, 4) is 11.1 Å². The Hall–Kier alpha value is -4.12. The predicted octanol–water partition coefficient (Wildman–Crippen LogP) is 4.53. The first kappa shape index (κ1) is 24.6. The van der Waals surface area contributed by atoms with E-state index < -0.39 is 17.8 Å². The van der Waals surface area contributed by atoms with E-state index in [4.69, 9.17) is 13.9 Å². The van der Waals surface area contributed by atoms with Gasteiger partial charge in [0.15, 0.2) is 0 Å². The smallest absolute Gasteiger partial charge is 0.414 e. The molecule has 37 heavy (non-hydrogen) atoms. The highest BCUT2D eigenvalue weighted by Crippen LogP contribution is 2.37. The average molecular weight is 508 g/mol. The molecule has 0 aliphatic carbocycles. The van der Waals surface area contributed by atoms with Gasteiger partial charge in [-0.05, 0) is 44.4 Å². The number of aryl methyl sites for hydroxylation is 1. The van der Waals surface area contributed by atoms with Gasteiger partial charge < -0.3 is 13.9 Å². The molecule has 5 rings (SSSR count). The second-order valence-electron chi connectivity index (χ2n) is 8.73. The first-order valence-corrected chi connectivity index (χ1v) is 12.1. The van der Waals surface area contributed by atoms with E-state index in [0.717, 1.165) is 36.2 Å². The lowest BCUT2D eigenvalue weighted by molar-refractivity contribution is 0.101. The minimum absolute atomic E-state index is 0.000351. The molecule has 1 atom stereocenters. The number of carbonyl (C=O) groups is 2. The lowest BCUT2D eigenvalue weighted by atomic mass is 10.1. The third-order valence-corrected chi connectivity index (χ3v) is 6.21. The van der Waals surface area contributed by atoms with Gasteiger partial charge in [-0.15, -0.1) is 0 Å². The Labute approximate surface area is 212 Å². The van der Waals surface area contributed by atoms with Crippen molar-refractivity contribution in [2.75, 3.05) is 24.7 Å². The van der Waals surface area contributed by atoms with E-state index in [1.54, 1.807) is 37.1 Å². The van der Waals surface area contributed by atoms with Crippen molar-refractivity contribution in [3.05, 3.63) is 60.3 Å². The molecule has 192 valence electrons. The van der Waals surface area contributed by atoms with Crippen molar-refractivity contribution in [2.45, 2.75) is 32.3 Å². The van der Waals surface area contributed by atoms with E-state index >= 15 is 0 Å². The third-order valence-electron chi connectivity index (χ3n) is 6.21. The molecule has 1 amide bonds. The summed E-state index contributed by atoms with van der Waals surface area (Å²) in [5, 5.41) is 4.67. The van der Waals surface area contributed by atoms with Crippen LogP contribution in [0.3, 0.4) is 0 Å². The van der Waals surface area contributed by atoms with Gasteiger partial charge in [-0.1, -0.05) is 0 Å². The number of nitrogens with zero attached hydrogens (tertiary/aromatic N) is 5. The standard InChI is InChI=1S/C26H26FN5O5/c1-3-35-26(34)32(9-8-19-5-4-10-36-19)22-20-11-17(18-14-30-31(2)15-18)13-29-25(20)37-24(22)23(33)16-6-7-21(27)28-12-16/h6-7,11-15,19H,3-5,8-10H2,1-2H3/t19-/m1/s1. The number of fused-ring (bicyclic) bond motifs is 1. The Morgan fingerprint density at radius 1 is 1.22 bits per heavy atom. The molecule has 0 bridgehead atoms. The maximum atomic E-state index is 13.6. The van der Waals surface area contributed by atoms with Crippen molar-refractivity contribution < 1.29 is 27.9 Å². The second-order valence-corrected chi connectivity index (χ2v) is 8.73.